The van der Waals surface area contributed by atoms with Gasteiger partial charge in [-0.15, -0.1) is 11.3 Å². The minimum Gasteiger partial charge on any atom is -0.341 e. The number of aromatic nitrogens is 2. The number of hydrogen-bond acceptors (Lipinski definition) is 4. The van der Waals surface area contributed by atoms with Crippen LogP contribution in [-0.4, -0.2) is 33.0 Å². The van der Waals surface area contributed by atoms with Gasteiger partial charge in [-0.3, -0.25) is 14.2 Å². The molecule has 2 aromatic heterocycles. The molecule has 1 saturated heterocycles. The largest absolute Gasteiger partial charge is 0.341 e. The first-order chi connectivity index (χ1) is 14.3. The first-order valence-corrected chi connectivity index (χ1v) is 10.9. The summed E-state index contributed by atoms with van der Waals surface area (Å²) in [6.45, 7) is 7.09. The lowest BCUT2D eigenvalue weighted by molar-refractivity contribution is -0.134. The Morgan fingerprint density at radius 1 is 1.17 bits per heavy atom. The van der Waals surface area contributed by atoms with E-state index < -0.39 is 17.1 Å². The average molecular weight is 430 g/mol. The second-order valence-electron chi connectivity index (χ2n) is 8.32. The zero-order valence-corrected chi connectivity index (χ0v) is 18.0. The topological polar surface area (TPSA) is 64.3 Å². The predicted octanol–water partition coefficient (Wildman–Crippen LogP) is 3.17. The van der Waals surface area contributed by atoms with E-state index in [1.807, 2.05) is 4.90 Å². The molecule has 0 bridgehead atoms. The first kappa shape index (κ1) is 20.5. The summed E-state index contributed by atoms with van der Waals surface area (Å²) >= 11 is 1.23. The summed E-state index contributed by atoms with van der Waals surface area (Å²) in [5.41, 5.74) is 0.206. The van der Waals surface area contributed by atoms with Crippen LogP contribution in [0.5, 0.6) is 0 Å². The van der Waals surface area contributed by atoms with Gasteiger partial charge < -0.3 is 4.90 Å². The standard InChI is InChI=1S/C22H24FN3O3S/c1-13-8-14(2)11-24(10-13)19(27)12-25-18-6-7-30-20(18)21(28)26(22(25)29)17-5-4-16(23)9-15(17)3/h4-7,9,13-14H,8,10-12H2,1-3H3. The maximum absolute atomic E-state index is 13.6. The van der Waals surface area contributed by atoms with Crippen LogP contribution < -0.4 is 11.2 Å². The molecule has 30 heavy (non-hydrogen) atoms. The van der Waals surface area contributed by atoms with Gasteiger partial charge in [0.1, 0.15) is 17.1 Å². The Morgan fingerprint density at radius 2 is 1.87 bits per heavy atom. The molecule has 0 aliphatic carbocycles. The Labute approximate surface area is 177 Å². The summed E-state index contributed by atoms with van der Waals surface area (Å²) in [6.07, 6.45) is 1.08. The van der Waals surface area contributed by atoms with Crippen LogP contribution in [0.2, 0.25) is 0 Å². The third-order valence-corrected chi connectivity index (χ3v) is 6.56. The van der Waals surface area contributed by atoms with Crippen molar-refractivity contribution in [3.63, 3.8) is 0 Å². The van der Waals surface area contributed by atoms with Gasteiger partial charge >= 0.3 is 5.69 Å². The average Bonchev–Trinajstić information content (AvgIpc) is 3.16. The number of aryl methyl sites for hydroxylation is 1. The molecule has 0 N–H and O–H groups in total. The highest BCUT2D eigenvalue weighted by Gasteiger charge is 2.27. The van der Waals surface area contributed by atoms with E-state index in [4.69, 9.17) is 0 Å². The molecule has 1 amide bonds. The van der Waals surface area contributed by atoms with Crippen molar-refractivity contribution in [2.75, 3.05) is 13.1 Å². The smallest absolute Gasteiger partial charge is 0.336 e. The van der Waals surface area contributed by atoms with E-state index in [0.717, 1.165) is 11.0 Å². The molecule has 158 valence electrons. The lowest BCUT2D eigenvalue weighted by atomic mass is 9.92. The third-order valence-electron chi connectivity index (χ3n) is 5.67. The van der Waals surface area contributed by atoms with E-state index >= 15 is 0 Å². The zero-order chi connectivity index (χ0) is 21.6. The van der Waals surface area contributed by atoms with Crippen LogP contribution >= 0.6 is 11.3 Å². The van der Waals surface area contributed by atoms with Crippen LogP contribution in [0.4, 0.5) is 4.39 Å². The number of piperidine rings is 1. The van der Waals surface area contributed by atoms with E-state index in [1.165, 1.54) is 34.1 Å². The number of hydrogen-bond donors (Lipinski definition) is 0. The highest BCUT2D eigenvalue weighted by Crippen LogP contribution is 2.22. The molecule has 8 heteroatoms. The van der Waals surface area contributed by atoms with E-state index in [-0.39, 0.29) is 12.5 Å². The zero-order valence-electron chi connectivity index (χ0n) is 17.2. The fraction of sp³-hybridized carbons (Fsp3) is 0.409. The van der Waals surface area contributed by atoms with E-state index in [9.17, 15) is 18.8 Å². The fourth-order valence-electron chi connectivity index (χ4n) is 4.42. The van der Waals surface area contributed by atoms with E-state index in [2.05, 4.69) is 13.8 Å². The molecule has 0 radical (unpaired) electrons. The van der Waals surface area contributed by atoms with Crippen molar-refractivity contribution >= 4 is 27.5 Å². The highest BCUT2D eigenvalue weighted by atomic mass is 32.1. The molecule has 2 unspecified atom stereocenters. The van der Waals surface area contributed by atoms with Gasteiger partial charge in [-0.2, -0.15) is 0 Å². The first-order valence-electron chi connectivity index (χ1n) is 10.0. The lowest BCUT2D eigenvalue weighted by Crippen LogP contribution is -2.46. The van der Waals surface area contributed by atoms with Crippen molar-refractivity contribution in [2.24, 2.45) is 11.8 Å². The van der Waals surface area contributed by atoms with Crippen molar-refractivity contribution in [3.8, 4) is 5.69 Å². The number of likely N-dealkylation sites (tertiary alicyclic amines) is 1. The SMILES string of the molecule is Cc1cc(F)ccc1-n1c(=O)c2sccc2n(CC(=O)N2CC(C)CC(C)C2)c1=O. The molecule has 1 aliphatic heterocycles. The molecule has 4 rings (SSSR count). The number of carbonyl (C=O) groups is 1. The molecule has 1 aromatic carbocycles. The van der Waals surface area contributed by atoms with Gasteiger partial charge in [-0.25, -0.2) is 13.8 Å². The number of halogens is 1. The molecular formula is C22H24FN3O3S. The second kappa shape index (κ2) is 7.83. The Balaban J connectivity index is 1.82. The highest BCUT2D eigenvalue weighted by molar-refractivity contribution is 7.17. The predicted molar refractivity (Wildman–Crippen MR) is 116 cm³/mol. The van der Waals surface area contributed by atoms with Crippen LogP contribution in [-0.2, 0) is 11.3 Å². The van der Waals surface area contributed by atoms with Crippen molar-refractivity contribution < 1.29 is 9.18 Å². The lowest BCUT2D eigenvalue weighted by Gasteiger charge is -2.35. The Kier molecular flexibility index (Phi) is 5.36. The number of amides is 1. The monoisotopic (exact) mass is 429 g/mol. The third kappa shape index (κ3) is 3.60. The molecule has 0 saturated carbocycles. The minimum absolute atomic E-state index is 0.133. The van der Waals surface area contributed by atoms with Crippen molar-refractivity contribution in [1.29, 1.82) is 0 Å². The number of rotatable bonds is 3. The van der Waals surface area contributed by atoms with Crippen LogP contribution in [0, 0.1) is 24.6 Å². The molecule has 1 aliphatic rings. The number of fused-ring (bicyclic) bond motifs is 1. The molecular weight excluding hydrogens is 405 g/mol. The maximum atomic E-state index is 13.6. The Hall–Kier alpha value is -2.74. The summed E-state index contributed by atoms with van der Waals surface area (Å²) in [4.78, 5) is 41.3. The summed E-state index contributed by atoms with van der Waals surface area (Å²) in [6, 6.07) is 5.62. The van der Waals surface area contributed by atoms with Gasteiger partial charge in [-0.05, 0) is 60.4 Å². The summed E-state index contributed by atoms with van der Waals surface area (Å²) in [5, 5.41) is 1.74. The van der Waals surface area contributed by atoms with Gasteiger partial charge in [-0.1, -0.05) is 13.8 Å². The minimum atomic E-state index is -0.591. The summed E-state index contributed by atoms with van der Waals surface area (Å²) in [5.74, 6) is 0.243. The van der Waals surface area contributed by atoms with Gasteiger partial charge in [0.15, 0.2) is 0 Å². The van der Waals surface area contributed by atoms with Gasteiger partial charge in [0.25, 0.3) is 5.56 Å². The van der Waals surface area contributed by atoms with E-state index in [0.29, 0.717) is 46.4 Å². The Bertz CT molecular complexity index is 1230. The van der Waals surface area contributed by atoms with Crippen molar-refractivity contribution in [3.05, 3.63) is 61.9 Å². The summed E-state index contributed by atoms with van der Waals surface area (Å²) in [7, 11) is 0. The number of thiophene rings is 1. The van der Waals surface area contributed by atoms with Crippen molar-refractivity contribution in [2.45, 2.75) is 33.7 Å². The van der Waals surface area contributed by atoms with Crippen LogP contribution in [0.3, 0.4) is 0 Å². The number of benzene rings is 1. The molecule has 0 spiro atoms. The molecule has 2 atom stereocenters. The van der Waals surface area contributed by atoms with Crippen molar-refractivity contribution in [1.82, 2.24) is 14.0 Å². The quantitative estimate of drug-likeness (QED) is 0.643. The van der Waals surface area contributed by atoms with Gasteiger partial charge in [0.05, 0.1) is 11.2 Å². The fourth-order valence-corrected chi connectivity index (χ4v) is 5.25. The van der Waals surface area contributed by atoms with Gasteiger partial charge in [0, 0.05) is 13.1 Å². The second-order valence-corrected chi connectivity index (χ2v) is 9.24. The molecule has 6 nitrogen and oxygen atoms in total. The van der Waals surface area contributed by atoms with Crippen LogP contribution in [0.1, 0.15) is 25.8 Å². The van der Waals surface area contributed by atoms with Crippen LogP contribution in [0.15, 0.2) is 39.2 Å². The van der Waals surface area contributed by atoms with Crippen LogP contribution in [0.25, 0.3) is 15.9 Å². The molecule has 3 heterocycles. The normalized spacial score (nSPS) is 19.4. The van der Waals surface area contributed by atoms with Gasteiger partial charge in [0.2, 0.25) is 5.91 Å². The maximum Gasteiger partial charge on any atom is 0.336 e. The molecule has 1 fully saturated rings. The number of nitrogens with zero attached hydrogens (tertiary/aromatic N) is 3. The van der Waals surface area contributed by atoms with E-state index in [1.54, 1.807) is 18.4 Å². The molecule has 3 aromatic rings. The summed E-state index contributed by atoms with van der Waals surface area (Å²) < 4.78 is 16.4. The Morgan fingerprint density at radius 3 is 2.53 bits per heavy atom. The number of carbonyl (C=O) groups excluding carboxylic acids is 1.